The molecule has 0 radical (unpaired) electrons. The molecule has 0 unspecified atom stereocenters. The molecule has 1 aromatic carbocycles. The molecule has 1 rings (SSSR count). The van der Waals surface area contributed by atoms with Gasteiger partial charge in [0.15, 0.2) is 0 Å². The zero-order chi connectivity index (χ0) is 15.0. The largest absolute Gasteiger partial charge is 0.395 e. The van der Waals surface area contributed by atoms with Crippen LogP contribution in [0.2, 0.25) is 0 Å². The van der Waals surface area contributed by atoms with Crippen LogP contribution < -0.4 is 5.73 Å². The summed E-state index contributed by atoms with van der Waals surface area (Å²) in [6.45, 7) is 2.85. The third kappa shape index (κ3) is 5.20. The van der Waals surface area contributed by atoms with Gasteiger partial charge in [0.05, 0.1) is 12.4 Å². The fraction of sp³-hybridized carbons (Fsp3) is 0.571. The van der Waals surface area contributed by atoms with Crippen LogP contribution in [0.25, 0.3) is 0 Å². The monoisotopic (exact) mass is 300 g/mol. The van der Waals surface area contributed by atoms with Gasteiger partial charge in [-0.3, -0.25) is 0 Å². The Morgan fingerprint density at radius 2 is 1.95 bits per heavy atom. The Hall–Kier alpha value is -0.950. The van der Waals surface area contributed by atoms with Crippen molar-refractivity contribution in [1.29, 1.82) is 0 Å². The van der Waals surface area contributed by atoms with Crippen LogP contribution in [0.15, 0.2) is 24.3 Å². The second-order valence-corrected chi connectivity index (χ2v) is 6.73. The maximum absolute atomic E-state index is 12.4. The van der Waals surface area contributed by atoms with Crippen molar-refractivity contribution in [2.24, 2.45) is 5.73 Å². The molecule has 0 saturated carbocycles. The number of benzene rings is 1. The van der Waals surface area contributed by atoms with Gasteiger partial charge >= 0.3 is 0 Å². The van der Waals surface area contributed by atoms with E-state index in [1.807, 2.05) is 25.1 Å². The quantitative estimate of drug-likeness (QED) is 0.714. The van der Waals surface area contributed by atoms with Gasteiger partial charge < -0.3 is 10.8 Å². The molecule has 0 aromatic heterocycles. The maximum Gasteiger partial charge on any atom is 0.218 e. The number of hydrogen-bond donors (Lipinski definition) is 2. The lowest BCUT2D eigenvalue weighted by Gasteiger charge is -2.21. The highest BCUT2D eigenvalue weighted by Crippen LogP contribution is 2.13. The van der Waals surface area contributed by atoms with Gasteiger partial charge in [0.1, 0.15) is 0 Å². The van der Waals surface area contributed by atoms with Gasteiger partial charge in [-0.1, -0.05) is 37.6 Å². The highest BCUT2D eigenvalue weighted by Gasteiger charge is 2.21. The van der Waals surface area contributed by atoms with Crippen molar-refractivity contribution in [1.82, 2.24) is 4.31 Å². The van der Waals surface area contributed by atoms with Crippen LogP contribution in [-0.4, -0.2) is 37.5 Å². The second-order valence-electron chi connectivity index (χ2n) is 4.76. The lowest BCUT2D eigenvalue weighted by atomic mass is 10.1. The molecule has 0 aliphatic heterocycles. The molecular weight excluding hydrogens is 276 g/mol. The van der Waals surface area contributed by atoms with Crippen LogP contribution in [0.5, 0.6) is 0 Å². The number of unbranched alkanes of at least 4 members (excludes halogenated alkanes) is 1. The Labute approximate surface area is 121 Å². The molecular formula is C14H24N2O3S. The predicted octanol–water partition coefficient (Wildman–Crippen LogP) is 1.07. The van der Waals surface area contributed by atoms with Crippen molar-refractivity contribution in [3.8, 4) is 0 Å². The van der Waals surface area contributed by atoms with Crippen molar-refractivity contribution in [2.45, 2.75) is 32.1 Å². The van der Waals surface area contributed by atoms with Crippen molar-refractivity contribution in [3.05, 3.63) is 35.4 Å². The van der Waals surface area contributed by atoms with E-state index in [0.717, 1.165) is 24.0 Å². The highest BCUT2D eigenvalue weighted by atomic mass is 32.2. The van der Waals surface area contributed by atoms with Crippen LogP contribution in [0, 0.1) is 0 Å². The summed E-state index contributed by atoms with van der Waals surface area (Å²) in [4.78, 5) is 0. The van der Waals surface area contributed by atoms with Crippen molar-refractivity contribution >= 4 is 10.0 Å². The zero-order valence-electron chi connectivity index (χ0n) is 12.0. The van der Waals surface area contributed by atoms with Crippen LogP contribution in [0.4, 0.5) is 0 Å². The smallest absolute Gasteiger partial charge is 0.218 e. The maximum atomic E-state index is 12.4. The van der Waals surface area contributed by atoms with Crippen LogP contribution in [0.3, 0.4) is 0 Å². The minimum Gasteiger partial charge on any atom is -0.395 e. The van der Waals surface area contributed by atoms with E-state index in [0.29, 0.717) is 13.1 Å². The van der Waals surface area contributed by atoms with Crippen LogP contribution in [-0.2, 0) is 22.3 Å². The van der Waals surface area contributed by atoms with Gasteiger partial charge in [0, 0.05) is 19.6 Å². The molecule has 114 valence electrons. The van der Waals surface area contributed by atoms with Crippen LogP contribution >= 0.6 is 0 Å². The van der Waals surface area contributed by atoms with E-state index in [1.165, 1.54) is 4.31 Å². The third-order valence-electron chi connectivity index (χ3n) is 3.08. The number of sulfonamides is 1. The normalized spacial score (nSPS) is 12.0. The summed E-state index contributed by atoms with van der Waals surface area (Å²) in [5, 5.41) is 9.02. The molecule has 3 N–H and O–H groups in total. The molecule has 1 aromatic rings. The molecule has 0 heterocycles. The average molecular weight is 300 g/mol. The van der Waals surface area contributed by atoms with Gasteiger partial charge in [-0.25, -0.2) is 8.42 Å². The van der Waals surface area contributed by atoms with Gasteiger partial charge in [-0.15, -0.1) is 0 Å². The van der Waals surface area contributed by atoms with Crippen molar-refractivity contribution < 1.29 is 13.5 Å². The molecule has 6 heteroatoms. The third-order valence-corrected chi connectivity index (χ3v) is 4.93. The Bertz CT molecular complexity index is 503. The summed E-state index contributed by atoms with van der Waals surface area (Å²) in [6, 6.07) is 7.29. The first-order valence-corrected chi connectivity index (χ1v) is 8.51. The van der Waals surface area contributed by atoms with E-state index in [-0.39, 0.29) is 18.9 Å². The molecule has 0 amide bonds. The SMILES string of the molecule is CCCCN(CCO)S(=O)(=O)Cc1cccc(CN)c1. The fourth-order valence-corrected chi connectivity index (χ4v) is 3.53. The Morgan fingerprint density at radius 1 is 1.25 bits per heavy atom. The summed E-state index contributed by atoms with van der Waals surface area (Å²) in [7, 11) is -3.40. The Morgan fingerprint density at radius 3 is 2.55 bits per heavy atom. The molecule has 0 saturated heterocycles. The van der Waals surface area contributed by atoms with E-state index in [9.17, 15) is 8.42 Å². The second kappa shape index (κ2) is 8.36. The minimum absolute atomic E-state index is 0.0510. The standard InChI is InChI=1S/C14H24N2O3S/c1-2-3-7-16(8-9-17)20(18,19)12-14-6-4-5-13(10-14)11-15/h4-6,10,17H,2-3,7-9,11-12,15H2,1H3. The van der Waals surface area contributed by atoms with E-state index in [2.05, 4.69) is 0 Å². The number of rotatable bonds is 9. The van der Waals surface area contributed by atoms with Gasteiger partial charge in [-0.05, 0) is 17.5 Å². The Balaban J connectivity index is 2.84. The number of nitrogens with zero attached hydrogens (tertiary/aromatic N) is 1. The van der Waals surface area contributed by atoms with E-state index < -0.39 is 10.0 Å². The number of nitrogens with two attached hydrogens (primary N) is 1. The van der Waals surface area contributed by atoms with Gasteiger partial charge in [-0.2, -0.15) is 4.31 Å². The zero-order valence-corrected chi connectivity index (χ0v) is 12.8. The fourth-order valence-electron chi connectivity index (χ4n) is 1.98. The first-order chi connectivity index (χ1) is 9.53. The minimum atomic E-state index is -3.40. The van der Waals surface area contributed by atoms with Crippen LogP contribution in [0.1, 0.15) is 30.9 Å². The molecule has 0 bridgehead atoms. The highest BCUT2D eigenvalue weighted by molar-refractivity contribution is 7.88. The topological polar surface area (TPSA) is 83.6 Å². The molecule has 5 nitrogen and oxygen atoms in total. The van der Waals surface area contributed by atoms with E-state index in [1.54, 1.807) is 6.07 Å². The molecule has 0 fully saturated rings. The Kier molecular flexibility index (Phi) is 7.15. The summed E-state index contributed by atoms with van der Waals surface area (Å²) in [6.07, 6.45) is 1.71. The first-order valence-electron chi connectivity index (χ1n) is 6.90. The summed E-state index contributed by atoms with van der Waals surface area (Å²) >= 11 is 0. The molecule has 0 aliphatic carbocycles. The predicted molar refractivity (Wildman–Crippen MR) is 80.5 cm³/mol. The summed E-state index contributed by atoms with van der Waals surface area (Å²) in [5.41, 5.74) is 7.21. The lowest BCUT2D eigenvalue weighted by molar-refractivity contribution is 0.252. The van der Waals surface area contributed by atoms with Crippen molar-refractivity contribution in [2.75, 3.05) is 19.7 Å². The van der Waals surface area contributed by atoms with E-state index in [4.69, 9.17) is 10.8 Å². The molecule has 0 atom stereocenters. The van der Waals surface area contributed by atoms with Gasteiger partial charge in [0.2, 0.25) is 10.0 Å². The number of aliphatic hydroxyl groups excluding tert-OH is 1. The van der Waals surface area contributed by atoms with Gasteiger partial charge in [0.25, 0.3) is 0 Å². The summed E-state index contributed by atoms with van der Waals surface area (Å²) in [5.74, 6) is -0.0510. The van der Waals surface area contributed by atoms with E-state index >= 15 is 0 Å². The first kappa shape index (κ1) is 17.1. The lowest BCUT2D eigenvalue weighted by Crippen LogP contribution is -2.35. The number of hydrogen-bond acceptors (Lipinski definition) is 4. The number of aliphatic hydroxyl groups is 1. The van der Waals surface area contributed by atoms with Crippen molar-refractivity contribution in [3.63, 3.8) is 0 Å². The average Bonchev–Trinajstić information content (AvgIpc) is 2.43. The molecule has 0 aliphatic rings. The molecule has 0 spiro atoms. The summed E-state index contributed by atoms with van der Waals surface area (Å²) < 4.78 is 26.1. The molecule has 20 heavy (non-hydrogen) atoms.